The van der Waals surface area contributed by atoms with Crippen molar-refractivity contribution in [2.75, 3.05) is 25.0 Å². The standard InChI is InChI=1S/C17H22N4O/c1-13(22)21-8-3-4-15-10-14(5-6-17(15)21)16-11-19-20(12-16)9-7-18-2/h5-6,10-12,18H,3-4,7-9H2,1-2H3. The number of nitrogens with one attached hydrogen (secondary N) is 1. The Kier molecular flexibility index (Phi) is 4.24. The Bertz CT molecular complexity index is 677. The summed E-state index contributed by atoms with van der Waals surface area (Å²) in [4.78, 5) is 13.6. The van der Waals surface area contributed by atoms with Crippen LogP contribution < -0.4 is 10.2 Å². The first kappa shape index (κ1) is 14.8. The normalized spacial score (nSPS) is 14.0. The molecule has 2 heterocycles. The van der Waals surface area contributed by atoms with Crippen molar-refractivity contribution >= 4 is 11.6 Å². The average molecular weight is 298 g/mol. The number of fused-ring (bicyclic) bond motifs is 1. The van der Waals surface area contributed by atoms with Gasteiger partial charge in [0.1, 0.15) is 0 Å². The number of hydrogen-bond donors (Lipinski definition) is 1. The maximum Gasteiger partial charge on any atom is 0.223 e. The van der Waals surface area contributed by atoms with Crippen molar-refractivity contribution in [3.8, 4) is 11.1 Å². The van der Waals surface area contributed by atoms with Gasteiger partial charge in [-0.15, -0.1) is 0 Å². The Hall–Kier alpha value is -2.14. The van der Waals surface area contributed by atoms with Crippen molar-refractivity contribution in [2.24, 2.45) is 0 Å². The zero-order chi connectivity index (χ0) is 15.5. The van der Waals surface area contributed by atoms with Crippen LogP contribution in [-0.4, -0.2) is 35.8 Å². The van der Waals surface area contributed by atoms with E-state index in [-0.39, 0.29) is 5.91 Å². The van der Waals surface area contributed by atoms with Gasteiger partial charge < -0.3 is 10.2 Å². The molecule has 1 aliphatic heterocycles. The quantitative estimate of drug-likeness (QED) is 0.940. The van der Waals surface area contributed by atoms with E-state index >= 15 is 0 Å². The highest BCUT2D eigenvalue weighted by molar-refractivity contribution is 5.93. The molecule has 0 saturated carbocycles. The van der Waals surface area contributed by atoms with Crippen molar-refractivity contribution in [1.29, 1.82) is 0 Å². The fourth-order valence-electron chi connectivity index (χ4n) is 2.97. The van der Waals surface area contributed by atoms with Crippen molar-refractivity contribution < 1.29 is 4.79 Å². The molecular formula is C17H22N4O. The molecule has 0 fully saturated rings. The number of carbonyl (C=O) groups is 1. The average Bonchev–Trinajstić information content (AvgIpc) is 3.00. The number of carbonyl (C=O) groups excluding carboxylic acids is 1. The number of hydrogen-bond acceptors (Lipinski definition) is 3. The summed E-state index contributed by atoms with van der Waals surface area (Å²) in [5, 5.41) is 7.52. The molecule has 0 atom stereocenters. The van der Waals surface area contributed by atoms with Gasteiger partial charge in [0, 0.05) is 37.5 Å². The van der Waals surface area contributed by atoms with Gasteiger partial charge in [0.05, 0.1) is 12.7 Å². The van der Waals surface area contributed by atoms with Crippen LogP contribution in [0.1, 0.15) is 18.9 Å². The fourth-order valence-corrected chi connectivity index (χ4v) is 2.97. The van der Waals surface area contributed by atoms with Crippen LogP contribution in [0, 0.1) is 0 Å². The molecule has 116 valence electrons. The van der Waals surface area contributed by atoms with Gasteiger partial charge in [-0.05, 0) is 43.1 Å². The largest absolute Gasteiger partial charge is 0.318 e. The monoisotopic (exact) mass is 298 g/mol. The summed E-state index contributed by atoms with van der Waals surface area (Å²) < 4.78 is 1.95. The maximum absolute atomic E-state index is 11.7. The number of likely N-dealkylation sites (N-methyl/N-ethyl adjacent to an activating group) is 1. The van der Waals surface area contributed by atoms with Gasteiger partial charge >= 0.3 is 0 Å². The molecule has 3 rings (SSSR count). The highest BCUT2D eigenvalue weighted by Crippen LogP contribution is 2.31. The predicted octanol–water partition coefficient (Wildman–Crippen LogP) is 2.07. The van der Waals surface area contributed by atoms with E-state index < -0.39 is 0 Å². The molecule has 0 aliphatic carbocycles. The lowest BCUT2D eigenvalue weighted by molar-refractivity contribution is -0.116. The second-order valence-corrected chi connectivity index (χ2v) is 5.71. The minimum Gasteiger partial charge on any atom is -0.318 e. The van der Waals surface area contributed by atoms with E-state index in [1.165, 1.54) is 11.1 Å². The lowest BCUT2D eigenvalue weighted by atomic mass is 9.97. The van der Waals surface area contributed by atoms with Gasteiger partial charge in [0.25, 0.3) is 0 Å². The Labute approximate surface area is 130 Å². The number of rotatable bonds is 4. The molecule has 0 unspecified atom stereocenters. The van der Waals surface area contributed by atoms with Gasteiger partial charge in [-0.2, -0.15) is 5.10 Å². The number of anilines is 1. The third kappa shape index (κ3) is 2.90. The second kappa shape index (κ2) is 6.32. The van der Waals surface area contributed by atoms with Crippen molar-refractivity contribution in [2.45, 2.75) is 26.3 Å². The first-order valence-electron chi connectivity index (χ1n) is 7.77. The Balaban J connectivity index is 1.87. The van der Waals surface area contributed by atoms with Gasteiger partial charge in [-0.1, -0.05) is 6.07 Å². The van der Waals surface area contributed by atoms with E-state index in [1.807, 2.05) is 22.8 Å². The number of aryl methyl sites for hydroxylation is 1. The lowest BCUT2D eigenvalue weighted by Crippen LogP contribution is -2.33. The zero-order valence-electron chi connectivity index (χ0n) is 13.2. The summed E-state index contributed by atoms with van der Waals surface area (Å²) in [6.45, 7) is 4.22. The molecular weight excluding hydrogens is 276 g/mol. The Morgan fingerprint density at radius 1 is 1.36 bits per heavy atom. The molecule has 0 saturated heterocycles. The van der Waals surface area contributed by atoms with E-state index in [0.717, 1.165) is 43.7 Å². The fraction of sp³-hybridized carbons (Fsp3) is 0.412. The molecule has 1 aliphatic rings. The number of amides is 1. The van der Waals surface area contributed by atoms with E-state index in [0.29, 0.717) is 0 Å². The lowest BCUT2D eigenvalue weighted by Gasteiger charge is -2.28. The maximum atomic E-state index is 11.7. The minimum atomic E-state index is 0.119. The summed E-state index contributed by atoms with van der Waals surface area (Å²) >= 11 is 0. The summed E-state index contributed by atoms with van der Waals surface area (Å²) in [6.07, 6.45) is 6.03. The van der Waals surface area contributed by atoms with Crippen LogP contribution in [0.2, 0.25) is 0 Å². The zero-order valence-corrected chi connectivity index (χ0v) is 13.2. The van der Waals surface area contributed by atoms with Crippen LogP contribution in [0.25, 0.3) is 11.1 Å². The Morgan fingerprint density at radius 2 is 2.23 bits per heavy atom. The smallest absolute Gasteiger partial charge is 0.223 e. The highest BCUT2D eigenvalue weighted by atomic mass is 16.2. The topological polar surface area (TPSA) is 50.2 Å². The summed E-state index contributed by atoms with van der Waals surface area (Å²) in [6, 6.07) is 6.35. The van der Waals surface area contributed by atoms with Crippen LogP contribution in [0.15, 0.2) is 30.6 Å². The molecule has 5 heteroatoms. The first-order chi connectivity index (χ1) is 10.7. The van der Waals surface area contributed by atoms with E-state index in [9.17, 15) is 4.79 Å². The second-order valence-electron chi connectivity index (χ2n) is 5.71. The molecule has 0 bridgehead atoms. The van der Waals surface area contributed by atoms with Crippen LogP contribution in [-0.2, 0) is 17.8 Å². The van der Waals surface area contributed by atoms with E-state index in [2.05, 4.69) is 34.8 Å². The molecule has 1 N–H and O–H groups in total. The van der Waals surface area contributed by atoms with Gasteiger partial charge in [0.15, 0.2) is 0 Å². The van der Waals surface area contributed by atoms with Crippen molar-refractivity contribution in [3.05, 3.63) is 36.2 Å². The predicted molar refractivity (Wildman–Crippen MR) is 87.9 cm³/mol. The Morgan fingerprint density at radius 3 is 3.00 bits per heavy atom. The minimum absolute atomic E-state index is 0.119. The number of benzene rings is 1. The number of nitrogens with zero attached hydrogens (tertiary/aromatic N) is 3. The van der Waals surface area contributed by atoms with Crippen molar-refractivity contribution in [3.63, 3.8) is 0 Å². The van der Waals surface area contributed by atoms with Crippen LogP contribution in [0.5, 0.6) is 0 Å². The SMILES string of the molecule is CNCCn1cc(-c2ccc3c(c2)CCCN3C(C)=O)cn1. The molecule has 0 spiro atoms. The first-order valence-corrected chi connectivity index (χ1v) is 7.77. The molecule has 2 aromatic rings. The van der Waals surface area contributed by atoms with Gasteiger partial charge in [-0.25, -0.2) is 0 Å². The van der Waals surface area contributed by atoms with E-state index in [4.69, 9.17) is 0 Å². The number of aromatic nitrogens is 2. The third-order valence-corrected chi connectivity index (χ3v) is 4.14. The summed E-state index contributed by atoms with van der Waals surface area (Å²) in [7, 11) is 1.94. The summed E-state index contributed by atoms with van der Waals surface area (Å²) in [5.74, 6) is 0.119. The van der Waals surface area contributed by atoms with Crippen LogP contribution in [0.4, 0.5) is 5.69 Å². The van der Waals surface area contributed by atoms with Gasteiger partial charge in [0.2, 0.25) is 5.91 Å². The third-order valence-electron chi connectivity index (χ3n) is 4.14. The molecule has 1 amide bonds. The van der Waals surface area contributed by atoms with Gasteiger partial charge in [-0.3, -0.25) is 9.48 Å². The highest BCUT2D eigenvalue weighted by Gasteiger charge is 2.20. The molecule has 1 aromatic heterocycles. The summed E-state index contributed by atoms with van der Waals surface area (Å²) in [5.41, 5.74) is 4.60. The van der Waals surface area contributed by atoms with Crippen LogP contribution >= 0.6 is 0 Å². The molecule has 1 aromatic carbocycles. The van der Waals surface area contributed by atoms with Crippen LogP contribution in [0.3, 0.4) is 0 Å². The molecule has 0 radical (unpaired) electrons. The molecule has 5 nitrogen and oxygen atoms in total. The van der Waals surface area contributed by atoms with E-state index in [1.54, 1.807) is 6.92 Å². The van der Waals surface area contributed by atoms with Crippen molar-refractivity contribution in [1.82, 2.24) is 15.1 Å². The molecule has 22 heavy (non-hydrogen) atoms.